The van der Waals surface area contributed by atoms with Crippen molar-refractivity contribution in [1.29, 1.82) is 0 Å². The summed E-state index contributed by atoms with van der Waals surface area (Å²) in [5, 5.41) is 0. The van der Waals surface area contributed by atoms with Crippen molar-refractivity contribution < 1.29 is 0 Å². The monoisotopic (exact) mass is 558 g/mol. The topological polar surface area (TPSA) is 31.2 Å². The fourth-order valence-electron chi connectivity index (χ4n) is 8.60. The first-order chi connectivity index (χ1) is 21.1. The molecular weight excluding hydrogens is 524 g/mol. The van der Waals surface area contributed by atoms with Crippen molar-refractivity contribution in [2.45, 2.75) is 44.2 Å². The normalized spacial score (nSPS) is 30.5. The minimum atomic E-state index is -0.181. The minimum absolute atomic E-state index is 0.0919. The van der Waals surface area contributed by atoms with Crippen LogP contribution in [-0.4, -0.2) is 24.5 Å². The Labute approximate surface area is 253 Å². The molecule has 6 atom stereocenters. The van der Waals surface area contributed by atoms with Gasteiger partial charge in [0.25, 0.3) is 0 Å². The minimum Gasteiger partial charge on any atom is -0.333 e. The lowest BCUT2D eigenvalue weighted by molar-refractivity contribution is 0.530. The number of allylic oxidation sites excluding steroid dienone is 5. The van der Waals surface area contributed by atoms with Gasteiger partial charge in [-0.25, -0.2) is 0 Å². The lowest BCUT2D eigenvalue weighted by Gasteiger charge is -2.39. The average molecular weight is 559 g/mol. The molecule has 0 amide bonds. The van der Waals surface area contributed by atoms with Crippen LogP contribution in [0, 0.1) is 11.8 Å². The first kappa shape index (κ1) is 24.9. The maximum Gasteiger partial charge on any atom is 0.0981 e. The Morgan fingerprint density at radius 1 is 0.837 bits per heavy atom. The molecule has 43 heavy (non-hydrogen) atoms. The third kappa shape index (κ3) is 3.27. The summed E-state index contributed by atoms with van der Waals surface area (Å²) in [5.74, 6) is 0.886. The summed E-state index contributed by atoms with van der Waals surface area (Å²) in [5.41, 5.74) is 12.9. The van der Waals surface area contributed by atoms with E-state index >= 15 is 0 Å². The van der Waals surface area contributed by atoms with Gasteiger partial charge in [0, 0.05) is 52.3 Å². The molecule has 3 aliphatic heterocycles. The maximum atomic E-state index is 4.76. The predicted octanol–water partition coefficient (Wildman–Crippen LogP) is 8.47. The first-order valence-corrected chi connectivity index (χ1v) is 15.5. The smallest absolute Gasteiger partial charge is 0.0981 e. The highest BCUT2D eigenvalue weighted by Crippen LogP contribution is 2.63. The van der Waals surface area contributed by atoms with Crippen molar-refractivity contribution in [3.8, 4) is 0 Å². The molecule has 0 N–H and O–H groups in total. The van der Waals surface area contributed by atoms with E-state index in [2.05, 4.69) is 140 Å². The number of benzene rings is 3. The van der Waals surface area contributed by atoms with Gasteiger partial charge in [0.15, 0.2) is 0 Å². The van der Waals surface area contributed by atoms with Crippen molar-refractivity contribution in [3.05, 3.63) is 143 Å². The lowest BCUT2D eigenvalue weighted by atomic mass is 9.68. The van der Waals surface area contributed by atoms with E-state index in [4.69, 9.17) is 9.98 Å². The summed E-state index contributed by atoms with van der Waals surface area (Å²) < 4.78 is 0. The second kappa shape index (κ2) is 8.90. The van der Waals surface area contributed by atoms with Crippen molar-refractivity contribution in [2.75, 3.05) is 9.80 Å². The summed E-state index contributed by atoms with van der Waals surface area (Å²) in [6, 6.07) is 25.0. The van der Waals surface area contributed by atoms with Crippen LogP contribution in [0.25, 0.3) is 6.08 Å². The molecule has 210 valence electrons. The SMILES string of the molecule is CC1C=C(N2C3=CC=CC(C)C3c3c2ccc2c3N(c3ccccc3)C3C=Cc4ccccc4C23C)C=C2N=CC=NC21. The van der Waals surface area contributed by atoms with Gasteiger partial charge in [0.05, 0.1) is 29.2 Å². The van der Waals surface area contributed by atoms with Crippen molar-refractivity contribution in [2.24, 2.45) is 21.8 Å². The molecule has 0 saturated carbocycles. The highest BCUT2D eigenvalue weighted by molar-refractivity contribution is 6.17. The molecule has 6 aliphatic rings. The van der Waals surface area contributed by atoms with Crippen molar-refractivity contribution in [3.63, 3.8) is 0 Å². The van der Waals surface area contributed by atoms with E-state index in [-0.39, 0.29) is 29.3 Å². The van der Waals surface area contributed by atoms with Crippen LogP contribution in [0.2, 0.25) is 0 Å². The number of fused-ring (bicyclic) bond motifs is 10. The molecule has 0 saturated heterocycles. The van der Waals surface area contributed by atoms with E-state index < -0.39 is 0 Å². The summed E-state index contributed by atoms with van der Waals surface area (Å²) in [6.07, 6.45) is 20.0. The largest absolute Gasteiger partial charge is 0.333 e. The predicted molar refractivity (Wildman–Crippen MR) is 178 cm³/mol. The van der Waals surface area contributed by atoms with Crippen molar-refractivity contribution in [1.82, 2.24) is 0 Å². The van der Waals surface area contributed by atoms with Crippen LogP contribution in [0.5, 0.6) is 0 Å². The molecule has 0 aromatic heterocycles. The molecule has 0 bridgehead atoms. The highest BCUT2D eigenvalue weighted by atomic mass is 15.2. The van der Waals surface area contributed by atoms with Gasteiger partial charge >= 0.3 is 0 Å². The fraction of sp³-hybridized carbons (Fsp3) is 0.231. The standard InChI is InChI=1S/C39H34N4/c1-24-10-9-15-32-35(24)36-33(42(32)28-22-25(2)37-31(23-28)40-20-21-41-37)18-17-30-38(36)43(27-12-5-4-6-13-27)34-19-16-26-11-7-8-14-29(26)39(30,34)3/h4-25,34-35,37H,1-3H3. The third-order valence-corrected chi connectivity index (χ3v) is 10.5. The number of para-hydroxylation sites is 1. The Kier molecular flexibility index (Phi) is 5.15. The summed E-state index contributed by atoms with van der Waals surface area (Å²) in [7, 11) is 0. The van der Waals surface area contributed by atoms with Gasteiger partial charge in [-0.15, -0.1) is 0 Å². The molecule has 0 fully saturated rings. The second-order valence-electron chi connectivity index (χ2n) is 12.9. The number of rotatable bonds is 2. The quantitative estimate of drug-likeness (QED) is 0.316. The van der Waals surface area contributed by atoms with Crippen LogP contribution in [0.4, 0.5) is 17.1 Å². The van der Waals surface area contributed by atoms with Crippen LogP contribution in [0.3, 0.4) is 0 Å². The third-order valence-electron chi connectivity index (χ3n) is 10.5. The summed E-state index contributed by atoms with van der Waals surface area (Å²) in [6.45, 7) is 7.09. The zero-order chi connectivity index (χ0) is 28.9. The molecule has 3 aromatic carbocycles. The van der Waals surface area contributed by atoms with Crippen LogP contribution >= 0.6 is 0 Å². The molecule has 6 unspecified atom stereocenters. The van der Waals surface area contributed by atoms with Gasteiger partial charge in [-0.05, 0) is 59.9 Å². The first-order valence-electron chi connectivity index (χ1n) is 15.5. The van der Waals surface area contributed by atoms with Gasteiger partial charge < -0.3 is 9.80 Å². The van der Waals surface area contributed by atoms with E-state index in [1.165, 1.54) is 50.7 Å². The molecule has 3 heterocycles. The molecule has 9 rings (SSSR count). The van der Waals surface area contributed by atoms with Gasteiger partial charge in [-0.3, -0.25) is 9.98 Å². The maximum absolute atomic E-state index is 4.76. The molecule has 0 spiro atoms. The van der Waals surface area contributed by atoms with Gasteiger partial charge in [0.2, 0.25) is 0 Å². The Bertz CT molecular complexity index is 1900. The number of nitrogens with zero attached hydrogens (tertiary/aromatic N) is 4. The Balaban J connectivity index is 1.32. The van der Waals surface area contributed by atoms with Gasteiger partial charge in [-0.2, -0.15) is 0 Å². The zero-order valence-electron chi connectivity index (χ0n) is 24.7. The van der Waals surface area contributed by atoms with Crippen molar-refractivity contribution >= 4 is 35.6 Å². The second-order valence-corrected chi connectivity index (χ2v) is 12.9. The average Bonchev–Trinajstić information content (AvgIpc) is 3.52. The van der Waals surface area contributed by atoms with Gasteiger partial charge in [0.1, 0.15) is 0 Å². The molecule has 4 heteroatoms. The van der Waals surface area contributed by atoms with Gasteiger partial charge in [-0.1, -0.05) is 92.8 Å². The van der Waals surface area contributed by atoms with Crippen LogP contribution in [-0.2, 0) is 5.41 Å². The van der Waals surface area contributed by atoms with E-state index in [0.717, 1.165) is 5.70 Å². The highest BCUT2D eigenvalue weighted by Gasteiger charge is 2.54. The fourth-order valence-corrected chi connectivity index (χ4v) is 8.60. The number of aliphatic imine (C=N–C) groups is 2. The van der Waals surface area contributed by atoms with E-state index in [1.807, 2.05) is 12.4 Å². The number of anilines is 3. The summed E-state index contributed by atoms with van der Waals surface area (Å²) >= 11 is 0. The van der Waals surface area contributed by atoms with Crippen LogP contribution in [0.15, 0.2) is 130 Å². The zero-order valence-corrected chi connectivity index (χ0v) is 24.7. The molecule has 3 aromatic rings. The van der Waals surface area contributed by atoms with E-state index in [9.17, 15) is 0 Å². The Hall–Kier alpha value is -4.70. The lowest BCUT2D eigenvalue weighted by Crippen LogP contribution is -2.42. The van der Waals surface area contributed by atoms with Crippen LogP contribution in [0.1, 0.15) is 48.9 Å². The van der Waals surface area contributed by atoms with E-state index in [0.29, 0.717) is 5.92 Å². The molecule has 3 aliphatic carbocycles. The number of hydrogen-bond donors (Lipinski definition) is 0. The molecule has 0 radical (unpaired) electrons. The number of hydrogen-bond acceptors (Lipinski definition) is 4. The van der Waals surface area contributed by atoms with E-state index in [1.54, 1.807) is 0 Å². The van der Waals surface area contributed by atoms with Crippen LogP contribution < -0.4 is 9.80 Å². The Morgan fingerprint density at radius 3 is 2.56 bits per heavy atom. The molecular formula is C39H34N4. The summed E-state index contributed by atoms with van der Waals surface area (Å²) in [4.78, 5) is 14.7. The Morgan fingerprint density at radius 2 is 1.67 bits per heavy atom. The molecule has 4 nitrogen and oxygen atoms in total.